The van der Waals surface area contributed by atoms with Crippen LogP contribution in [0, 0.1) is 11.7 Å². The highest BCUT2D eigenvalue weighted by atomic mass is 35.5. The molecule has 2 fully saturated rings. The largest absolute Gasteiger partial charge is 0.343 e. The van der Waals surface area contributed by atoms with Crippen LogP contribution >= 0.6 is 34.5 Å². The summed E-state index contributed by atoms with van der Waals surface area (Å²) in [6.07, 6.45) is 5.23. The van der Waals surface area contributed by atoms with E-state index in [4.69, 9.17) is 23.2 Å². The number of Topliss-reactive ketones (excluding diaryl/α,β-unsaturated/α-hetero) is 1. The smallest absolute Gasteiger partial charge is 0.271 e. The number of amides is 1. The van der Waals surface area contributed by atoms with E-state index in [0.29, 0.717) is 35.1 Å². The van der Waals surface area contributed by atoms with Gasteiger partial charge in [-0.3, -0.25) is 19.8 Å². The minimum Gasteiger partial charge on any atom is -0.343 e. The molecule has 1 saturated carbocycles. The third-order valence-corrected chi connectivity index (χ3v) is 8.80. The molecule has 1 aliphatic carbocycles. The molecule has 1 amide bonds. The van der Waals surface area contributed by atoms with E-state index in [2.05, 4.69) is 10.4 Å². The quantitative estimate of drug-likeness (QED) is 0.285. The van der Waals surface area contributed by atoms with Crippen LogP contribution in [0.1, 0.15) is 58.3 Å². The normalized spacial score (nSPS) is 16.8. The summed E-state index contributed by atoms with van der Waals surface area (Å²) >= 11 is 13.4. The molecule has 0 bridgehead atoms. The maximum absolute atomic E-state index is 14.2. The van der Waals surface area contributed by atoms with Crippen molar-refractivity contribution in [2.24, 2.45) is 5.92 Å². The number of pyridine rings is 1. The van der Waals surface area contributed by atoms with Crippen LogP contribution in [0.3, 0.4) is 0 Å². The summed E-state index contributed by atoms with van der Waals surface area (Å²) in [4.78, 5) is 43.5. The van der Waals surface area contributed by atoms with Crippen molar-refractivity contribution < 1.29 is 14.0 Å². The number of thiazole rings is 1. The molecule has 1 aliphatic heterocycles. The number of rotatable bonds is 6. The van der Waals surface area contributed by atoms with E-state index in [0.717, 1.165) is 42.0 Å². The predicted octanol–water partition coefficient (Wildman–Crippen LogP) is 6.02. The standard InChI is InChI=1S/C27H23Cl2FN4O3S/c28-15-1-4-24-21(10-15)31-27(38-24)23(35)9-14-5-7-33(8-6-14)32-26(37)18-13-34(16-2-3-16)22-12-19(29)20(30)11-17(22)25(18)36/h1,4,10-14,16H,2-3,5-9H2,(H,32,37). The summed E-state index contributed by atoms with van der Waals surface area (Å²) in [5.41, 5.74) is 3.54. The third-order valence-electron chi connectivity index (χ3n) is 7.20. The fraction of sp³-hybridized carbons (Fsp3) is 0.333. The Morgan fingerprint density at radius 3 is 2.61 bits per heavy atom. The van der Waals surface area contributed by atoms with Crippen molar-refractivity contribution in [3.05, 3.63) is 73.2 Å². The van der Waals surface area contributed by atoms with E-state index >= 15 is 0 Å². The summed E-state index contributed by atoms with van der Waals surface area (Å²) in [7, 11) is 0. The maximum atomic E-state index is 14.2. The van der Waals surface area contributed by atoms with Crippen molar-refractivity contribution in [1.29, 1.82) is 0 Å². The van der Waals surface area contributed by atoms with E-state index in [9.17, 15) is 18.8 Å². The molecule has 2 aliphatic rings. The molecule has 4 aromatic rings. The van der Waals surface area contributed by atoms with E-state index in [-0.39, 0.29) is 33.7 Å². The topological polar surface area (TPSA) is 84.3 Å². The van der Waals surface area contributed by atoms with Crippen molar-refractivity contribution in [2.75, 3.05) is 13.1 Å². The van der Waals surface area contributed by atoms with Crippen LogP contribution in [-0.2, 0) is 0 Å². The fourth-order valence-corrected chi connectivity index (χ4v) is 6.20. The number of ketones is 1. The van der Waals surface area contributed by atoms with E-state index < -0.39 is 17.2 Å². The van der Waals surface area contributed by atoms with Crippen molar-refractivity contribution in [3.63, 3.8) is 0 Å². The van der Waals surface area contributed by atoms with Crippen molar-refractivity contribution in [1.82, 2.24) is 20.0 Å². The predicted molar refractivity (Wildman–Crippen MR) is 147 cm³/mol. The third kappa shape index (κ3) is 4.96. The highest BCUT2D eigenvalue weighted by Crippen LogP contribution is 2.37. The molecule has 2 aromatic heterocycles. The number of carbonyl (C=O) groups is 2. The van der Waals surface area contributed by atoms with Crippen LogP contribution in [0.15, 0.2) is 41.3 Å². The number of piperidine rings is 1. The summed E-state index contributed by atoms with van der Waals surface area (Å²) in [5, 5.41) is 2.93. The average molecular weight is 573 g/mol. The Kier molecular flexibility index (Phi) is 6.72. The zero-order valence-corrected chi connectivity index (χ0v) is 22.5. The van der Waals surface area contributed by atoms with E-state index in [1.807, 2.05) is 10.6 Å². The number of benzene rings is 2. The Hall–Kier alpha value is -2.85. The molecular weight excluding hydrogens is 550 g/mol. The van der Waals surface area contributed by atoms with Gasteiger partial charge in [-0.25, -0.2) is 14.4 Å². The molecule has 3 heterocycles. The number of hydrazine groups is 1. The minimum absolute atomic E-state index is 0.00827. The lowest BCUT2D eigenvalue weighted by molar-refractivity contribution is 0.0676. The van der Waals surface area contributed by atoms with Crippen LogP contribution in [0.2, 0.25) is 10.0 Å². The van der Waals surface area contributed by atoms with Gasteiger partial charge >= 0.3 is 0 Å². The number of fused-ring (bicyclic) bond motifs is 2. The highest BCUT2D eigenvalue weighted by molar-refractivity contribution is 7.20. The first kappa shape index (κ1) is 25.4. The first-order valence-electron chi connectivity index (χ1n) is 12.5. The molecule has 0 spiro atoms. The molecule has 0 atom stereocenters. The lowest BCUT2D eigenvalue weighted by atomic mass is 9.92. The molecule has 6 rings (SSSR count). The zero-order chi connectivity index (χ0) is 26.6. The van der Waals surface area contributed by atoms with Crippen LogP contribution in [0.4, 0.5) is 4.39 Å². The summed E-state index contributed by atoms with van der Waals surface area (Å²) in [6.45, 7) is 1.10. The van der Waals surface area contributed by atoms with Crippen molar-refractivity contribution >= 4 is 67.3 Å². The van der Waals surface area contributed by atoms with Gasteiger partial charge in [0.15, 0.2) is 10.8 Å². The SMILES string of the molecule is O=C(CC1CCN(NC(=O)c2cn(C3CC3)c3cc(Cl)c(F)cc3c2=O)CC1)c1nc2cc(Cl)ccc2s1. The molecule has 2 aromatic carbocycles. The second-order valence-electron chi connectivity index (χ2n) is 9.92. The van der Waals surface area contributed by atoms with E-state index in [1.165, 1.54) is 17.4 Å². The second-order valence-corrected chi connectivity index (χ2v) is 11.8. The number of aromatic nitrogens is 2. The molecule has 7 nitrogen and oxygen atoms in total. The first-order chi connectivity index (χ1) is 18.3. The van der Waals surface area contributed by atoms with Crippen LogP contribution in [0.5, 0.6) is 0 Å². The monoisotopic (exact) mass is 572 g/mol. The van der Waals surface area contributed by atoms with Gasteiger partial charge in [-0.15, -0.1) is 11.3 Å². The maximum Gasteiger partial charge on any atom is 0.271 e. The van der Waals surface area contributed by atoms with Crippen molar-refractivity contribution in [2.45, 2.75) is 38.1 Å². The van der Waals surface area contributed by atoms with Gasteiger partial charge in [0, 0.05) is 42.2 Å². The van der Waals surface area contributed by atoms with Gasteiger partial charge in [-0.1, -0.05) is 23.2 Å². The first-order valence-corrected chi connectivity index (χ1v) is 14.0. The Labute approximate surface area is 231 Å². The fourth-order valence-electron chi connectivity index (χ4n) is 4.98. The molecular formula is C27H23Cl2FN4O3S. The molecule has 1 N–H and O–H groups in total. The molecule has 38 heavy (non-hydrogen) atoms. The van der Waals surface area contributed by atoms with Gasteiger partial charge in [-0.05, 0) is 61.9 Å². The summed E-state index contributed by atoms with van der Waals surface area (Å²) in [6, 6.07) is 8.13. The molecule has 0 unspecified atom stereocenters. The summed E-state index contributed by atoms with van der Waals surface area (Å²) < 4.78 is 16.9. The molecule has 1 saturated heterocycles. The van der Waals surface area contributed by atoms with Crippen molar-refractivity contribution in [3.8, 4) is 0 Å². The number of halogens is 3. The van der Waals surface area contributed by atoms with Gasteiger partial charge in [0.05, 0.1) is 20.8 Å². The van der Waals surface area contributed by atoms with Gasteiger partial charge in [0.25, 0.3) is 5.91 Å². The van der Waals surface area contributed by atoms with Gasteiger partial charge in [0.1, 0.15) is 11.4 Å². The minimum atomic E-state index is -0.692. The zero-order valence-electron chi connectivity index (χ0n) is 20.2. The van der Waals surface area contributed by atoms with E-state index in [1.54, 1.807) is 23.3 Å². The average Bonchev–Trinajstić information content (AvgIpc) is 3.64. The van der Waals surface area contributed by atoms with Gasteiger partial charge in [-0.2, -0.15) is 0 Å². The number of nitrogens with zero attached hydrogens (tertiary/aromatic N) is 3. The van der Waals surface area contributed by atoms with Crippen LogP contribution in [0.25, 0.3) is 21.1 Å². The molecule has 0 radical (unpaired) electrons. The second kappa shape index (κ2) is 10.0. The van der Waals surface area contributed by atoms with Crippen LogP contribution in [-0.4, -0.2) is 39.3 Å². The Morgan fingerprint density at radius 2 is 1.87 bits per heavy atom. The highest BCUT2D eigenvalue weighted by Gasteiger charge is 2.29. The Morgan fingerprint density at radius 1 is 1.11 bits per heavy atom. The number of carbonyl (C=O) groups excluding carboxylic acids is 2. The summed E-state index contributed by atoms with van der Waals surface area (Å²) in [5.74, 6) is -1.03. The van der Waals surface area contributed by atoms with Crippen LogP contribution < -0.4 is 10.9 Å². The number of nitrogens with one attached hydrogen (secondary N) is 1. The Balaban J connectivity index is 1.12. The number of hydrogen-bond acceptors (Lipinski definition) is 6. The molecule has 11 heteroatoms. The van der Waals surface area contributed by atoms with Gasteiger partial charge in [0.2, 0.25) is 5.43 Å². The lowest BCUT2D eigenvalue weighted by Gasteiger charge is -2.31. The lowest BCUT2D eigenvalue weighted by Crippen LogP contribution is -2.47. The number of hydrogen-bond donors (Lipinski definition) is 1. The van der Waals surface area contributed by atoms with Gasteiger partial charge < -0.3 is 4.57 Å². The molecule has 196 valence electrons. The Bertz CT molecular complexity index is 1660.